The standard InChI is InChI=1S/C18H17BrN4OS/c19-14-3-1-13(2-4-14)11-16(24)22-6-8-23(9-7-22)17-15-5-10-25-18(15)21-12-20-17/h1-5,10,12H,6-9,11H2. The van der Waals surface area contributed by atoms with Crippen molar-refractivity contribution in [3.63, 3.8) is 0 Å². The van der Waals surface area contributed by atoms with Gasteiger partial charge in [0.25, 0.3) is 0 Å². The van der Waals surface area contributed by atoms with Crippen molar-refractivity contribution in [3.05, 3.63) is 52.1 Å². The summed E-state index contributed by atoms with van der Waals surface area (Å²) >= 11 is 5.05. The Bertz CT molecular complexity index is 887. The smallest absolute Gasteiger partial charge is 0.227 e. The van der Waals surface area contributed by atoms with Gasteiger partial charge in [-0.1, -0.05) is 28.1 Å². The minimum atomic E-state index is 0.186. The van der Waals surface area contributed by atoms with Gasteiger partial charge in [-0.15, -0.1) is 11.3 Å². The van der Waals surface area contributed by atoms with E-state index in [1.165, 1.54) is 0 Å². The van der Waals surface area contributed by atoms with Gasteiger partial charge >= 0.3 is 0 Å². The van der Waals surface area contributed by atoms with Gasteiger partial charge in [0.1, 0.15) is 17.0 Å². The van der Waals surface area contributed by atoms with Crippen LogP contribution in [0.15, 0.2) is 46.5 Å². The number of hydrogen-bond donors (Lipinski definition) is 0. The summed E-state index contributed by atoms with van der Waals surface area (Å²) in [7, 11) is 0. The summed E-state index contributed by atoms with van der Waals surface area (Å²) in [4.78, 5) is 26.5. The molecule has 128 valence electrons. The summed E-state index contributed by atoms with van der Waals surface area (Å²) in [5.41, 5.74) is 1.05. The van der Waals surface area contributed by atoms with Crippen molar-refractivity contribution in [3.8, 4) is 0 Å². The number of aromatic nitrogens is 2. The van der Waals surface area contributed by atoms with Gasteiger partial charge < -0.3 is 9.80 Å². The molecule has 3 heterocycles. The Labute approximate surface area is 158 Å². The Morgan fingerprint density at radius 1 is 1.08 bits per heavy atom. The van der Waals surface area contributed by atoms with E-state index in [0.717, 1.165) is 52.2 Å². The van der Waals surface area contributed by atoms with Crippen molar-refractivity contribution in [1.82, 2.24) is 14.9 Å². The minimum absolute atomic E-state index is 0.186. The number of rotatable bonds is 3. The second-order valence-electron chi connectivity index (χ2n) is 6.01. The largest absolute Gasteiger partial charge is 0.352 e. The molecule has 7 heteroatoms. The topological polar surface area (TPSA) is 49.3 Å². The zero-order chi connectivity index (χ0) is 17.2. The van der Waals surface area contributed by atoms with E-state index >= 15 is 0 Å². The molecule has 0 radical (unpaired) electrons. The van der Waals surface area contributed by atoms with Crippen LogP contribution in [0, 0.1) is 0 Å². The Kier molecular flexibility index (Phi) is 4.67. The van der Waals surface area contributed by atoms with Gasteiger partial charge in [-0.2, -0.15) is 0 Å². The lowest BCUT2D eigenvalue weighted by Gasteiger charge is -2.35. The molecule has 0 spiro atoms. The molecule has 4 rings (SSSR count). The van der Waals surface area contributed by atoms with Gasteiger partial charge in [0.2, 0.25) is 5.91 Å². The molecular formula is C18H17BrN4OS. The van der Waals surface area contributed by atoms with Gasteiger partial charge in [0.15, 0.2) is 0 Å². The molecule has 1 amide bonds. The Morgan fingerprint density at radius 3 is 2.60 bits per heavy atom. The Balaban J connectivity index is 1.40. The van der Waals surface area contributed by atoms with Crippen LogP contribution in [-0.4, -0.2) is 47.0 Å². The van der Waals surface area contributed by atoms with Gasteiger partial charge in [-0.25, -0.2) is 9.97 Å². The number of carbonyl (C=O) groups is 1. The number of piperazine rings is 1. The maximum absolute atomic E-state index is 12.5. The summed E-state index contributed by atoms with van der Waals surface area (Å²) in [6, 6.07) is 10.0. The Hall–Kier alpha value is -1.99. The molecule has 0 atom stereocenters. The van der Waals surface area contributed by atoms with Gasteiger partial charge in [-0.3, -0.25) is 4.79 Å². The SMILES string of the molecule is O=C(Cc1ccc(Br)cc1)N1CCN(c2ncnc3sccc23)CC1. The summed E-state index contributed by atoms with van der Waals surface area (Å²) < 4.78 is 1.03. The van der Waals surface area contributed by atoms with Crippen LogP contribution in [0.3, 0.4) is 0 Å². The average molecular weight is 417 g/mol. The van der Waals surface area contributed by atoms with Crippen LogP contribution in [0.4, 0.5) is 5.82 Å². The van der Waals surface area contributed by atoms with Crippen molar-refractivity contribution in [2.24, 2.45) is 0 Å². The highest BCUT2D eigenvalue weighted by Gasteiger charge is 2.23. The molecule has 0 N–H and O–H groups in total. The highest BCUT2D eigenvalue weighted by Crippen LogP contribution is 2.27. The molecule has 0 aliphatic carbocycles. The third-order valence-corrected chi connectivity index (χ3v) is 5.79. The number of amides is 1. The molecule has 25 heavy (non-hydrogen) atoms. The third kappa shape index (κ3) is 3.52. The second-order valence-corrected chi connectivity index (χ2v) is 7.82. The van der Waals surface area contributed by atoms with Crippen LogP contribution in [-0.2, 0) is 11.2 Å². The molecule has 1 aromatic carbocycles. The molecular weight excluding hydrogens is 400 g/mol. The van der Waals surface area contributed by atoms with Crippen molar-refractivity contribution >= 4 is 49.2 Å². The number of thiophene rings is 1. The van der Waals surface area contributed by atoms with E-state index in [2.05, 4.69) is 36.9 Å². The zero-order valence-corrected chi connectivity index (χ0v) is 16.0. The number of halogens is 1. The highest BCUT2D eigenvalue weighted by molar-refractivity contribution is 9.10. The first kappa shape index (κ1) is 16.5. The molecule has 3 aromatic rings. The molecule has 0 bridgehead atoms. The number of anilines is 1. The predicted molar refractivity (Wildman–Crippen MR) is 104 cm³/mol. The van der Waals surface area contributed by atoms with E-state index in [9.17, 15) is 4.79 Å². The molecule has 1 aliphatic rings. The van der Waals surface area contributed by atoms with Crippen LogP contribution in [0.2, 0.25) is 0 Å². The van der Waals surface area contributed by atoms with E-state index in [-0.39, 0.29) is 5.91 Å². The van der Waals surface area contributed by atoms with Crippen molar-refractivity contribution in [2.75, 3.05) is 31.1 Å². The molecule has 0 unspecified atom stereocenters. The van der Waals surface area contributed by atoms with Crippen molar-refractivity contribution < 1.29 is 4.79 Å². The lowest BCUT2D eigenvalue weighted by molar-refractivity contribution is -0.130. The Morgan fingerprint density at radius 2 is 1.84 bits per heavy atom. The average Bonchev–Trinajstić information content (AvgIpc) is 3.12. The number of hydrogen-bond acceptors (Lipinski definition) is 5. The van der Waals surface area contributed by atoms with Crippen LogP contribution >= 0.6 is 27.3 Å². The van der Waals surface area contributed by atoms with E-state index in [1.807, 2.05) is 34.5 Å². The van der Waals surface area contributed by atoms with E-state index in [0.29, 0.717) is 6.42 Å². The molecule has 1 fully saturated rings. The second kappa shape index (κ2) is 7.09. The zero-order valence-electron chi connectivity index (χ0n) is 13.6. The third-order valence-electron chi connectivity index (χ3n) is 4.44. The van der Waals surface area contributed by atoms with E-state index in [1.54, 1.807) is 17.7 Å². The number of benzene rings is 1. The molecule has 5 nitrogen and oxygen atoms in total. The van der Waals surface area contributed by atoms with Crippen molar-refractivity contribution in [1.29, 1.82) is 0 Å². The predicted octanol–water partition coefficient (Wildman–Crippen LogP) is 3.35. The molecule has 2 aromatic heterocycles. The van der Waals surface area contributed by atoms with E-state index < -0.39 is 0 Å². The lowest BCUT2D eigenvalue weighted by Crippen LogP contribution is -2.49. The quantitative estimate of drug-likeness (QED) is 0.656. The van der Waals surface area contributed by atoms with Gasteiger partial charge in [-0.05, 0) is 29.1 Å². The summed E-state index contributed by atoms with van der Waals surface area (Å²) in [6.07, 6.45) is 2.08. The van der Waals surface area contributed by atoms with Crippen molar-refractivity contribution in [2.45, 2.75) is 6.42 Å². The normalized spacial score (nSPS) is 14.9. The number of nitrogens with zero attached hydrogens (tertiary/aromatic N) is 4. The fourth-order valence-electron chi connectivity index (χ4n) is 3.09. The summed E-state index contributed by atoms with van der Waals surface area (Å²) in [5, 5.41) is 3.14. The first-order chi connectivity index (χ1) is 12.2. The summed E-state index contributed by atoms with van der Waals surface area (Å²) in [6.45, 7) is 3.05. The maximum atomic E-state index is 12.5. The van der Waals surface area contributed by atoms with Gasteiger partial charge in [0.05, 0.1) is 11.8 Å². The fraction of sp³-hybridized carbons (Fsp3) is 0.278. The molecule has 0 saturated carbocycles. The number of fused-ring (bicyclic) bond motifs is 1. The van der Waals surface area contributed by atoms with Gasteiger partial charge in [0, 0.05) is 30.7 Å². The molecule has 1 saturated heterocycles. The first-order valence-electron chi connectivity index (χ1n) is 8.16. The maximum Gasteiger partial charge on any atom is 0.227 e. The van der Waals surface area contributed by atoms with E-state index in [4.69, 9.17) is 0 Å². The monoisotopic (exact) mass is 416 g/mol. The van der Waals surface area contributed by atoms with Crippen LogP contribution < -0.4 is 4.90 Å². The number of carbonyl (C=O) groups excluding carboxylic acids is 1. The summed E-state index contributed by atoms with van der Waals surface area (Å²) in [5.74, 6) is 1.16. The highest BCUT2D eigenvalue weighted by atomic mass is 79.9. The fourth-order valence-corrected chi connectivity index (χ4v) is 4.08. The lowest BCUT2D eigenvalue weighted by atomic mass is 10.1. The first-order valence-corrected chi connectivity index (χ1v) is 9.83. The minimum Gasteiger partial charge on any atom is -0.352 e. The van der Waals surface area contributed by atoms with Crippen LogP contribution in [0.5, 0.6) is 0 Å². The van der Waals surface area contributed by atoms with Crippen LogP contribution in [0.25, 0.3) is 10.2 Å². The van der Waals surface area contributed by atoms with Crippen LogP contribution in [0.1, 0.15) is 5.56 Å². The molecule has 1 aliphatic heterocycles.